The van der Waals surface area contributed by atoms with Crippen LogP contribution in [0.1, 0.15) is 61.4 Å². The highest BCUT2D eigenvalue weighted by Gasteiger charge is 2.28. The van der Waals surface area contributed by atoms with Crippen molar-refractivity contribution in [2.24, 2.45) is 0 Å². The zero-order chi connectivity index (χ0) is 15.7. The Labute approximate surface area is 130 Å². The molecule has 0 unspecified atom stereocenters. The van der Waals surface area contributed by atoms with Crippen molar-refractivity contribution in [1.29, 1.82) is 0 Å². The number of hydrogen-bond acceptors (Lipinski definition) is 3. The monoisotopic (exact) mass is 301 g/mol. The van der Waals surface area contributed by atoms with E-state index in [9.17, 15) is 4.79 Å². The molecule has 3 rings (SSSR count). The standard InChI is InChI=1S/C16H23N5O/c1-16(2,3)14-9-13(19-20-14)15(22)21-8-4-5-11(10-21)12-6-7-17-18-12/h6-7,9,11H,4-5,8,10H2,1-3H3,(H,17,18)(H,19,20)/t11-/m1/s1. The lowest BCUT2D eigenvalue weighted by atomic mass is 9.92. The molecule has 2 aromatic heterocycles. The number of piperidine rings is 1. The van der Waals surface area contributed by atoms with Gasteiger partial charge in [-0.1, -0.05) is 20.8 Å². The van der Waals surface area contributed by atoms with Crippen LogP contribution in [0.5, 0.6) is 0 Å². The van der Waals surface area contributed by atoms with Gasteiger partial charge in [-0.05, 0) is 25.0 Å². The highest BCUT2D eigenvalue weighted by atomic mass is 16.2. The minimum Gasteiger partial charge on any atom is -0.337 e. The van der Waals surface area contributed by atoms with E-state index < -0.39 is 0 Å². The van der Waals surface area contributed by atoms with E-state index in [0.717, 1.165) is 37.3 Å². The Kier molecular flexibility index (Phi) is 3.76. The molecule has 1 saturated heterocycles. The van der Waals surface area contributed by atoms with Crippen molar-refractivity contribution >= 4 is 5.91 Å². The fourth-order valence-electron chi connectivity index (χ4n) is 2.89. The first-order valence-electron chi connectivity index (χ1n) is 7.79. The molecule has 0 saturated carbocycles. The van der Waals surface area contributed by atoms with E-state index >= 15 is 0 Å². The van der Waals surface area contributed by atoms with Crippen molar-refractivity contribution in [2.75, 3.05) is 13.1 Å². The van der Waals surface area contributed by atoms with Gasteiger partial charge in [0, 0.05) is 42.0 Å². The lowest BCUT2D eigenvalue weighted by Crippen LogP contribution is -2.39. The molecule has 2 aromatic rings. The van der Waals surface area contributed by atoms with Crippen LogP contribution in [0.3, 0.4) is 0 Å². The summed E-state index contributed by atoms with van der Waals surface area (Å²) in [7, 11) is 0. The molecule has 6 nitrogen and oxygen atoms in total. The van der Waals surface area contributed by atoms with Crippen LogP contribution in [0.4, 0.5) is 0 Å². The predicted octanol–water partition coefficient (Wildman–Crippen LogP) is 2.45. The molecule has 2 N–H and O–H groups in total. The number of amides is 1. The summed E-state index contributed by atoms with van der Waals surface area (Å²) < 4.78 is 0. The van der Waals surface area contributed by atoms with Gasteiger partial charge in [-0.25, -0.2) is 0 Å². The predicted molar refractivity (Wildman–Crippen MR) is 83.8 cm³/mol. The SMILES string of the molecule is CC(C)(C)c1cc(C(=O)N2CCC[C@@H](c3ccn[nH]3)C2)n[nH]1. The van der Waals surface area contributed by atoms with Gasteiger partial charge in [0.15, 0.2) is 0 Å². The molecular formula is C16H23N5O. The Hall–Kier alpha value is -2.11. The highest BCUT2D eigenvalue weighted by Crippen LogP contribution is 2.27. The first-order valence-corrected chi connectivity index (χ1v) is 7.79. The maximum absolute atomic E-state index is 12.7. The van der Waals surface area contributed by atoms with Gasteiger partial charge in [0.2, 0.25) is 0 Å². The molecule has 118 valence electrons. The molecule has 1 atom stereocenters. The maximum atomic E-state index is 12.7. The van der Waals surface area contributed by atoms with Crippen molar-refractivity contribution in [1.82, 2.24) is 25.3 Å². The smallest absolute Gasteiger partial charge is 0.274 e. The average molecular weight is 301 g/mol. The van der Waals surface area contributed by atoms with Crippen LogP contribution in [-0.2, 0) is 5.41 Å². The van der Waals surface area contributed by atoms with Crippen LogP contribution < -0.4 is 0 Å². The van der Waals surface area contributed by atoms with Crippen molar-refractivity contribution in [3.63, 3.8) is 0 Å². The quantitative estimate of drug-likeness (QED) is 0.894. The van der Waals surface area contributed by atoms with Gasteiger partial charge in [0.25, 0.3) is 5.91 Å². The summed E-state index contributed by atoms with van der Waals surface area (Å²) in [5.74, 6) is 0.345. The van der Waals surface area contributed by atoms with E-state index in [1.54, 1.807) is 6.20 Å². The Morgan fingerprint density at radius 2 is 2.18 bits per heavy atom. The first-order chi connectivity index (χ1) is 10.4. The number of aromatic nitrogens is 4. The summed E-state index contributed by atoms with van der Waals surface area (Å²) in [6, 6.07) is 3.87. The molecule has 1 aliphatic rings. The van der Waals surface area contributed by atoms with E-state index in [2.05, 4.69) is 41.2 Å². The van der Waals surface area contributed by atoms with Crippen LogP contribution in [-0.4, -0.2) is 44.3 Å². The molecular weight excluding hydrogens is 278 g/mol. The van der Waals surface area contributed by atoms with Crippen molar-refractivity contribution in [3.05, 3.63) is 35.4 Å². The fraction of sp³-hybridized carbons (Fsp3) is 0.562. The highest BCUT2D eigenvalue weighted by molar-refractivity contribution is 5.92. The van der Waals surface area contributed by atoms with E-state index in [4.69, 9.17) is 0 Å². The maximum Gasteiger partial charge on any atom is 0.274 e. The number of carbonyl (C=O) groups excluding carboxylic acids is 1. The number of nitrogens with one attached hydrogen (secondary N) is 2. The van der Waals surface area contributed by atoms with Crippen LogP contribution >= 0.6 is 0 Å². The lowest BCUT2D eigenvalue weighted by Gasteiger charge is -2.31. The topological polar surface area (TPSA) is 77.7 Å². The van der Waals surface area contributed by atoms with E-state index in [1.165, 1.54) is 0 Å². The summed E-state index contributed by atoms with van der Waals surface area (Å²) >= 11 is 0. The summed E-state index contributed by atoms with van der Waals surface area (Å²) in [5.41, 5.74) is 2.56. The van der Waals surface area contributed by atoms with Crippen LogP contribution in [0.25, 0.3) is 0 Å². The molecule has 0 aromatic carbocycles. The summed E-state index contributed by atoms with van der Waals surface area (Å²) in [4.78, 5) is 14.6. The molecule has 22 heavy (non-hydrogen) atoms. The molecule has 0 spiro atoms. The molecule has 1 aliphatic heterocycles. The molecule has 3 heterocycles. The Balaban J connectivity index is 1.73. The normalized spacial score (nSPS) is 19.4. The minimum atomic E-state index is -0.0358. The largest absolute Gasteiger partial charge is 0.337 e. The van der Waals surface area contributed by atoms with Gasteiger partial charge in [-0.2, -0.15) is 10.2 Å². The minimum absolute atomic E-state index is 0.0102. The summed E-state index contributed by atoms with van der Waals surface area (Å²) in [6.45, 7) is 7.82. The second-order valence-electron chi connectivity index (χ2n) is 7.02. The second-order valence-corrected chi connectivity index (χ2v) is 7.02. The Bertz CT molecular complexity index is 638. The van der Waals surface area contributed by atoms with E-state index in [-0.39, 0.29) is 11.3 Å². The van der Waals surface area contributed by atoms with E-state index in [0.29, 0.717) is 11.6 Å². The van der Waals surface area contributed by atoms with Gasteiger partial charge in [0.05, 0.1) is 0 Å². The first kappa shape index (κ1) is 14.8. The second kappa shape index (κ2) is 5.59. The number of likely N-dealkylation sites (tertiary alicyclic amines) is 1. The molecule has 1 amide bonds. The Morgan fingerprint density at radius 1 is 1.36 bits per heavy atom. The van der Waals surface area contributed by atoms with Crippen LogP contribution in [0.2, 0.25) is 0 Å². The number of aromatic amines is 2. The number of H-pyrrole nitrogens is 2. The van der Waals surface area contributed by atoms with Gasteiger partial charge in [0.1, 0.15) is 5.69 Å². The van der Waals surface area contributed by atoms with Crippen molar-refractivity contribution in [2.45, 2.75) is 44.9 Å². The third-order valence-electron chi connectivity index (χ3n) is 4.28. The van der Waals surface area contributed by atoms with Crippen LogP contribution in [0, 0.1) is 0 Å². The molecule has 1 fully saturated rings. The molecule has 6 heteroatoms. The number of hydrogen-bond donors (Lipinski definition) is 2. The van der Waals surface area contributed by atoms with Gasteiger partial charge in [-0.15, -0.1) is 0 Å². The fourth-order valence-corrected chi connectivity index (χ4v) is 2.89. The van der Waals surface area contributed by atoms with E-state index in [1.807, 2.05) is 17.0 Å². The zero-order valence-electron chi connectivity index (χ0n) is 13.4. The molecule has 0 radical (unpaired) electrons. The van der Waals surface area contributed by atoms with Crippen LogP contribution in [0.15, 0.2) is 18.3 Å². The summed E-state index contributed by atoms with van der Waals surface area (Å²) in [6.07, 6.45) is 3.85. The average Bonchev–Trinajstić information content (AvgIpc) is 3.17. The third kappa shape index (κ3) is 2.91. The van der Waals surface area contributed by atoms with Gasteiger partial charge >= 0.3 is 0 Å². The molecule has 0 aliphatic carbocycles. The number of rotatable bonds is 2. The van der Waals surface area contributed by atoms with Crippen molar-refractivity contribution in [3.8, 4) is 0 Å². The molecule has 0 bridgehead atoms. The lowest BCUT2D eigenvalue weighted by molar-refractivity contribution is 0.0700. The van der Waals surface area contributed by atoms with Gasteiger partial charge in [-0.3, -0.25) is 15.0 Å². The number of carbonyl (C=O) groups is 1. The van der Waals surface area contributed by atoms with Crippen molar-refractivity contribution < 1.29 is 4.79 Å². The zero-order valence-corrected chi connectivity index (χ0v) is 13.4. The number of nitrogens with zero attached hydrogens (tertiary/aromatic N) is 3. The third-order valence-corrected chi connectivity index (χ3v) is 4.28. The Morgan fingerprint density at radius 3 is 2.82 bits per heavy atom. The van der Waals surface area contributed by atoms with Gasteiger partial charge < -0.3 is 4.90 Å². The summed E-state index contributed by atoms with van der Waals surface area (Å²) in [5, 5.41) is 14.2.